The van der Waals surface area contributed by atoms with Gasteiger partial charge in [0, 0.05) is 31.9 Å². The van der Waals surface area contributed by atoms with E-state index < -0.39 is 17.1 Å². The van der Waals surface area contributed by atoms with Crippen molar-refractivity contribution in [3.05, 3.63) is 45.7 Å². The topological polar surface area (TPSA) is 99.1 Å². The normalized spacial score (nSPS) is 19.4. The summed E-state index contributed by atoms with van der Waals surface area (Å²) in [6.07, 6.45) is 1.54. The number of nitrogens with one attached hydrogen (secondary N) is 2. The molecule has 3 aromatic heterocycles. The molecule has 0 spiro atoms. The number of H-pyrrole nitrogens is 1. The minimum absolute atomic E-state index is 0.0273. The van der Waals surface area contributed by atoms with Crippen LogP contribution in [-0.2, 0) is 0 Å². The maximum Gasteiger partial charge on any atom is 0.333 e. The summed E-state index contributed by atoms with van der Waals surface area (Å²) in [5.74, 6) is -0.468. The highest BCUT2D eigenvalue weighted by atomic mass is 35.5. The van der Waals surface area contributed by atoms with Gasteiger partial charge in [0.15, 0.2) is 17.3 Å². The van der Waals surface area contributed by atoms with Crippen LogP contribution in [0.2, 0.25) is 5.02 Å². The number of halogens is 2. The van der Waals surface area contributed by atoms with Crippen LogP contribution >= 0.6 is 11.6 Å². The number of aromatic nitrogens is 4. The average Bonchev–Trinajstić information content (AvgIpc) is 3.04. The number of aliphatic hydroxyl groups is 1. The SMILES string of the molecule is CC(C)[C@@](C)(O)[C@@H]1CN(c2nc(-n3c(=O)[nH]c4ncccc43)c(F)cc2Cl)CCN1. The van der Waals surface area contributed by atoms with E-state index in [9.17, 15) is 14.3 Å². The fourth-order valence-electron chi connectivity index (χ4n) is 3.71. The highest BCUT2D eigenvalue weighted by Crippen LogP contribution is 2.30. The van der Waals surface area contributed by atoms with Gasteiger partial charge in [-0.05, 0) is 25.0 Å². The lowest BCUT2D eigenvalue weighted by Gasteiger charge is -2.43. The van der Waals surface area contributed by atoms with Gasteiger partial charge in [-0.25, -0.2) is 23.7 Å². The van der Waals surface area contributed by atoms with Crippen LogP contribution in [0.15, 0.2) is 29.2 Å². The van der Waals surface area contributed by atoms with E-state index in [-0.39, 0.29) is 22.8 Å². The van der Waals surface area contributed by atoms with Gasteiger partial charge in [0.1, 0.15) is 5.82 Å². The summed E-state index contributed by atoms with van der Waals surface area (Å²) in [4.78, 5) is 25.5. The molecule has 1 fully saturated rings. The predicted molar refractivity (Wildman–Crippen MR) is 114 cm³/mol. The molecule has 10 heteroatoms. The van der Waals surface area contributed by atoms with Crippen molar-refractivity contribution in [3.8, 4) is 5.82 Å². The molecule has 3 aromatic rings. The maximum absolute atomic E-state index is 14.8. The summed E-state index contributed by atoms with van der Waals surface area (Å²) in [6, 6.07) is 4.27. The number of imidazole rings is 1. The number of pyridine rings is 2. The largest absolute Gasteiger partial charge is 0.388 e. The van der Waals surface area contributed by atoms with Crippen molar-refractivity contribution in [1.82, 2.24) is 24.8 Å². The quantitative estimate of drug-likeness (QED) is 0.581. The van der Waals surface area contributed by atoms with Crippen molar-refractivity contribution in [2.45, 2.75) is 32.4 Å². The van der Waals surface area contributed by atoms with Crippen LogP contribution in [0.25, 0.3) is 17.0 Å². The van der Waals surface area contributed by atoms with Crippen LogP contribution in [-0.4, -0.2) is 55.9 Å². The Hall–Kier alpha value is -2.49. The number of nitrogens with zero attached hydrogens (tertiary/aromatic N) is 4. The van der Waals surface area contributed by atoms with Gasteiger partial charge in [0.05, 0.1) is 22.2 Å². The lowest BCUT2D eigenvalue weighted by molar-refractivity contribution is -0.0231. The minimum atomic E-state index is -0.951. The van der Waals surface area contributed by atoms with Gasteiger partial charge in [0.25, 0.3) is 0 Å². The van der Waals surface area contributed by atoms with Crippen LogP contribution < -0.4 is 15.9 Å². The zero-order valence-electron chi connectivity index (χ0n) is 17.0. The Balaban J connectivity index is 1.77. The molecule has 0 bridgehead atoms. The van der Waals surface area contributed by atoms with E-state index in [1.54, 1.807) is 25.3 Å². The van der Waals surface area contributed by atoms with Crippen LogP contribution in [0.1, 0.15) is 20.8 Å². The molecule has 3 N–H and O–H groups in total. The van der Waals surface area contributed by atoms with Crippen molar-refractivity contribution in [2.75, 3.05) is 24.5 Å². The second-order valence-corrected chi connectivity index (χ2v) is 8.48. The number of piperazine rings is 1. The Kier molecular flexibility index (Phi) is 5.29. The Morgan fingerprint density at radius 3 is 2.90 bits per heavy atom. The van der Waals surface area contributed by atoms with E-state index >= 15 is 0 Å². The molecule has 0 unspecified atom stereocenters. The lowest BCUT2D eigenvalue weighted by atomic mass is 9.84. The molecule has 1 aliphatic heterocycles. The van der Waals surface area contributed by atoms with Gasteiger partial charge in [-0.15, -0.1) is 0 Å². The second kappa shape index (κ2) is 7.64. The molecular formula is C20H24ClFN6O2. The first-order chi connectivity index (χ1) is 14.2. The molecule has 0 saturated carbocycles. The number of anilines is 1. The highest BCUT2D eigenvalue weighted by Gasteiger charge is 2.38. The summed E-state index contributed by atoms with van der Waals surface area (Å²) >= 11 is 6.34. The molecule has 0 aliphatic carbocycles. The molecule has 160 valence electrons. The first kappa shape index (κ1) is 20.8. The lowest BCUT2D eigenvalue weighted by Crippen LogP contribution is -2.62. The fourth-order valence-corrected chi connectivity index (χ4v) is 3.97. The van der Waals surface area contributed by atoms with Gasteiger partial charge in [0.2, 0.25) is 0 Å². The molecular weight excluding hydrogens is 411 g/mol. The van der Waals surface area contributed by atoms with E-state index in [1.165, 1.54) is 6.07 Å². The predicted octanol–water partition coefficient (Wildman–Crippen LogP) is 2.09. The van der Waals surface area contributed by atoms with Crippen LogP contribution in [0, 0.1) is 11.7 Å². The molecule has 1 aliphatic rings. The Morgan fingerprint density at radius 2 is 2.17 bits per heavy atom. The monoisotopic (exact) mass is 434 g/mol. The third kappa shape index (κ3) is 3.46. The Labute approximate surface area is 177 Å². The van der Waals surface area contributed by atoms with Gasteiger partial charge in [-0.3, -0.25) is 4.98 Å². The van der Waals surface area contributed by atoms with Crippen molar-refractivity contribution in [1.29, 1.82) is 0 Å². The van der Waals surface area contributed by atoms with Gasteiger partial charge in [-0.1, -0.05) is 25.4 Å². The van der Waals surface area contributed by atoms with E-state index in [2.05, 4.69) is 20.3 Å². The molecule has 0 radical (unpaired) electrons. The highest BCUT2D eigenvalue weighted by molar-refractivity contribution is 6.33. The maximum atomic E-state index is 14.8. The fraction of sp³-hybridized carbons (Fsp3) is 0.450. The summed E-state index contributed by atoms with van der Waals surface area (Å²) < 4.78 is 16.0. The Bertz CT molecular complexity index is 1140. The van der Waals surface area contributed by atoms with Crippen LogP contribution in [0.5, 0.6) is 0 Å². The summed E-state index contributed by atoms with van der Waals surface area (Å²) in [6.45, 7) is 7.33. The molecule has 30 heavy (non-hydrogen) atoms. The molecule has 0 amide bonds. The smallest absolute Gasteiger partial charge is 0.333 e. The van der Waals surface area contributed by atoms with Crippen molar-refractivity contribution in [2.24, 2.45) is 5.92 Å². The van der Waals surface area contributed by atoms with E-state index in [0.717, 1.165) is 4.57 Å². The summed E-state index contributed by atoms with van der Waals surface area (Å²) in [7, 11) is 0. The molecule has 2 atom stereocenters. The first-order valence-corrected chi connectivity index (χ1v) is 10.2. The van der Waals surface area contributed by atoms with Gasteiger partial charge < -0.3 is 15.3 Å². The molecule has 8 nitrogen and oxygen atoms in total. The first-order valence-electron chi connectivity index (χ1n) is 9.83. The van der Waals surface area contributed by atoms with Crippen LogP contribution in [0.4, 0.5) is 10.2 Å². The third-order valence-corrected chi connectivity index (χ3v) is 6.19. The molecule has 0 aromatic carbocycles. The van der Waals surface area contributed by atoms with E-state index in [1.807, 2.05) is 18.7 Å². The number of hydrogen-bond donors (Lipinski definition) is 3. The molecule has 4 rings (SSSR count). The van der Waals surface area contributed by atoms with Crippen molar-refractivity contribution < 1.29 is 9.50 Å². The number of aromatic amines is 1. The number of hydrogen-bond acceptors (Lipinski definition) is 6. The Morgan fingerprint density at radius 1 is 1.40 bits per heavy atom. The minimum Gasteiger partial charge on any atom is -0.388 e. The van der Waals surface area contributed by atoms with Gasteiger partial charge >= 0.3 is 5.69 Å². The van der Waals surface area contributed by atoms with Crippen molar-refractivity contribution in [3.63, 3.8) is 0 Å². The summed E-state index contributed by atoms with van der Waals surface area (Å²) in [5.41, 5.74) is -0.726. The zero-order valence-corrected chi connectivity index (χ0v) is 17.7. The molecule has 4 heterocycles. The zero-order chi connectivity index (χ0) is 21.6. The average molecular weight is 435 g/mol. The third-order valence-electron chi connectivity index (χ3n) is 5.91. The number of rotatable bonds is 4. The van der Waals surface area contributed by atoms with Gasteiger partial charge in [-0.2, -0.15) is 0 Å². The second-order valence-electron chi connectivity index (χ2n) is 8.07. The standard InChI is InChI=1S/C20H24ClFN6O2/c1-11(2)20(3,30)15-10-27(8-7-23-15)17-12(21)9-13(22)18(26-17)28-14-5-4-6-24-16(14)25-19(28)29/h4-6,9,11,15,23,30H,7-8,10H2,1-3H3,(H,24,25,29)/t15-,20+/m0/s1. The van der Waals surface area contributed by atoms with E-state index in [4.69, 9.17) is 11.6 Å². The van der Waals surface area contributed by atoms with E-state index in [0.29, 0.717) is 36.6 Å². The summed E-state index contributed by atoms with van der Waals surface area (Å²) in [5, 5.41) is 14.4. The van der Waals surface area contributed by atoms with Crippen LogP contribution in [0.3, 0.4) is 0 Å². The molecule has 1 saturated heterocycles. The van der Waals surface area contributed by atoms with Crippen molar-refractivity contribution >= 4 is 28.6 Å². The number of fused-ring (bicyclic) bond motifs is 1.